The maximum atomic E-state index is 12.6. The van der Waals surface area contributed by atoms with Crippen LogP contribution in [0.15, 0.2) is 0 Å². The van der Waals surface area contributed by atoms with Crippen LogP contribution >= 0.6 is 11.3 Å². The number of thiophene rings is 1. The number of nitrogens with two attached hydrogens (primary N) is 1. The van der Waals surface area contributed by atoms with Gasteiger partial charge in [0.2, 0.25) is 0 Å². The molecule has 0 aliphatic carbocycles. The fraction of sp³-hybridized carbons (Fsp3) is 0.538. The fourth-order valence-electron chi connectivity index (χ4n) is 2.85. The van der Waals surface area contributed by atoms with Gasteiger partial charge in [0.1, 0.15) is 9.71 Å². The summed E-state index contributed by atoms with van der Waals surface area (Å²) in [7, 11) is 1.89. The van der Waals surface area contributed by atoms with Crippen LogP contribution in [0.1, 0.15) is 35.1 Å². The SMILES string of the molecule is Cc1nn(C)c2sc(C(=O)N3CCCC3C)c(N)c12. The number of nitrogens with zero attached hydrogens (tertiary/aromatic N) is 3. The minimum Gasteiger partial charge on any atom is -0.397 e. The molecule has 2 aromatic rings. The van der Waals surface area contributed by atoms with E-state index in [1.54, 1.807) is 4.68 Å². The molecule has 1 amide bonds. The molecule has 102 valence electrons. The van der Waals surface area contributed by atoms with Gasteiger partial charge in [-0.25, -0.2) is 0 Å². The van der Waals surface area contributed by atoms with Crippen molar-refractivity contribution in [2.24, 2.45) is 7.05 Å². The second-order valence-corrected chi connectivity index (χ2v) is 6.22. The second-order valence-electron chi connectivity index (χ2n) is 5.22. The first-order valence-electron chi connectivity index (χ1n) is 6.53. The quantitative estimate of drug-likeness (QED) is 0.869. The highest BCUT2D eigenvalue weighted by Crippen LogP contribution is 2.37. The molecule has 0 radical (unpaired) electrons. The number of hydrogen-bond donors (Lipinski definition) is 1. The van der Waals surface area contributed by atoms with E-state index in [1.807, 2.05) is 18.9 Å². The molecule has 0 aromatic carbocycles. The number of nitrogen functional groups attached to an aromatic ring is 1. The van der Waals surface area contributed by atoms with Crippen molar-refractivity contribution >= 4 is 33.1 Å². The second kappa shape index (κ2) is 4.23. The van der Waals surface area contributed by atoms with Gasteiger partial charge in [0.25, 0.3) is 5.91 Å². The van der Waals surface area contributed by atoms with Crippen molar-refractivity contribution < 1.29 is 4.79 Å². The standard InChI is InChI=1S/C13H18N4OS/c1-7-5-4-6-17(7)12(18)11-10(14)9-8(2)15-16(3)13(9)19-11/h7H,4-6,14H2,1-3H3. The van der Waals surface area contributed by atoms with Gasteiger partial charge < -0.3 is 10.6 Å². The highest BCUT2D eigenvalue weighted by atomic mass is 32.1. The van der Waals surface area contributed by atoms with Crippen molar-refractivity contribution in [3.63, 3.8) is 0 Å². The van der Waals surface area contributed by atoms with Gasteiger partial charge >= 0.3 is 0 Å². The number of anilines is 1. The molecule has 1 aliphatic heterocycles. The Kier molecular flexibility index (Phi) is 2.78. The molecular formula is C13H18N4OS. The van der Waals surface area contributed by atoms with Gasteiger partial charge in [-0.05, 0) is 26.7 Å². The molecule has 3 heterocycles. The van der Waals surface area contributed by atoms with Gasteiger partial charge in [-0.2, -0.15) is 5.10 Å². The van der Waals surface area contributed by atoms with E-state index in [1.165, 1.54) is 11.3 Å². The van der Waals surface area contributed by atoms with Crippen LogP contribution in [0.4, 0.5) is 5.69 Å². The lowest BCUT2D eigenvalue weighted by Gasteiger charge is -2.20. The van der Waals surface area contributed by atoms with Gasteiger partial charge in [-0.3, -0.25) is 9.48 Å². The minimum atomic E-state index is 0.0723. The molecule has 2 N–H and O–H groups in total. The van der Waals surface area contributed by atoms with E-state index in [4.69, 9.17) is 5.73 Å². The molecule has 3 rings (SSSR count). The van der Waals surface area contributed by atoms with Gasteiger partial charge in [0.05, 0.1) is 16.8 Å². The number of carbonyl (C=O) groups excluding carboxylic acids is 1. The minimum absolute atomic E-state index is 0.0723. The van der Waals surface area contributed by atoms with E-state index in [2.05, 4.69) is 12.0 Å². The first-order valence-corrected chi connectivity index (χ1v) is 7.35. The van der Waals surface area contributed by atoms with Crippen LogP contribution in [0.5, 0.6) is 0 Å². The Hall–Kier alpha value is -1.56. The summed E-state index contributed by atoms with van der Waals surface area (Å²) in [5, 5.41) is 5.28. The Balaban J connectivity index is 2.08. The number of carbonyl (C=O) groups is 1. The summed E-state index contributed by atoms with van der Waals surface area (Å²) in [6.07, 6.45) is 2.16. The summed E-state index contributed by atoms with van der Waals surface area (Å²) < 4.78 is 1.80. The third kappa shape index (κ3) is 1.74. The maximum absolute atomic E-state index is 12.6. The predicted molar refractivity (Wildman–Crippen MR) is 77.5 cm³/mol. The summed E-state index contributed by atoms with van der Waals surface area (Å²) in [6.45, 7) is 4.87. The third-order valence-electron chi connectivity index (χ3n) is 3.89. The summed E-state index contributed by atoms with van der Waals surface area (Å²) in [6, 6.07) is 0.316. The van der Waals surface area contributed by atoms with Crippen LogP contribution in [0.25, 0.3) is 10.2 Å². The van der Waals surface area contributed by atoms with Gasteiger partial charge in [0, 0.05) is 19.6 Å². The molecule has 6 heteroatoms. The first kappa shape index (κ1) is 12.5. The van der Waals surface area contributed by atoms with Gasteiger partial charge in [0.15, 0.2) is 0 Å². The van der Waals surface area contributed by atoms with Crippen LogP contribution in [0, 0.1) is 6.92 Å². The molecule has 0 saturated carbocycles. The molecule has 19 heavy (non-hydrogen) atoms. The van der Waals surface area contributed by atoms with Crippen molar-refractivity contribution in [3.05, 3.63) is 10.6 Å². The highest BCUT2D eigenvalue weighted by molar-refractivity contribution is 7.21. The number of likely N-dealkylation sites (tertiary alicyclic amines) is 1. The zero-order valence-corrected chi connectivity index (χ0v) is 12.3. The first-order chi connectivity index (χ1) is 9.00. The van der Waals surface area contributed by atoms with E-state index in [9.17, 15) is 4.79 Å². The number of aryl methyl sites for hydroxylation is 2. The van der Waals surface area contributed by atoms with Crippen LogP contribution in [-0.4, -0.2) is 33.2 Å². The molecule has 1 fully saturated rings. The van der Waals surface area contributed by atoms with E-state index in [0.29, 0.717) is 16.6 Å². The molecule has 0 bridgehead atoms. The predicted octanol–water partition coefficient (Wildman–Crippen LogP) is 2.15. The lowest BCUT2D eigenvalue weighted by atomic mass is 10.2. The average Bonchev–Trinajstić information content (AvgIpc) is 2.98. The summed E-state index contributed by atoms with van der Waals surface area (Å²) >= 11 is 1.45. The zero-order valence-electron chi connectivity index (χ0n) is 11.4. The third-order valence-corrected chi connectivity index (χ3v) is 5.15. The lowest BCUT2D eigenvalue weighted by molar-refractivity contribution is 0.0753. The normalized spacial score (nSPS) is 19.5. The number of fused-ring (bicyclic) bond motifs is 1. The Labute approximate surface area is 116 Å². The monoisotopic (exact) mass is 278 g/mol. The van der Waals surface area contributed by atoms with Crippen molar-refractivity contribution in [2.75, 3.05) is 12.3 Å². The molecule has 1 atom stereocenters. The zero-order chi connectivity index (χ0) is 13.7. The van der Waals surface area contributed by atoms with Crippen LogP contribution in [-0.2, 0) is 7.05 Å². The summed E-state index contributed by atoms with van der Waals surface area (Å²) in [4.78, 5) is 16.2. The number of amides is 1. The highest BCUT2D eigenvalue weighted by Gasteiger charge is 2.30. The molecule has 5 nitrogen and oxygen atoms in total. The molecular weight excluding hydrogens is 260 g/mol. The number of rotatable bonds is 1. The average molecular weight is 278 g/mol. The molecule has 2 aromatic heterocycles. The lowest BCUT2D eigenvalue weighted by Crippen LogP contribution is -2.33. The van der Waals surface area contributed by atoms with Gasteiger partial charge in [-0.1, -0.05) is 0 Å². The summed E-state index contributed by atoms with van der Waals surface area (Å²) in [5.74, 6) is 0.0723. The van der Waals surface area contributed by atoms with Crippen LogP contribution in [0.2, 0.25) is 0 Å². The van der Waals surface area contributed by atoms with E-state index in [0.717, 1.165) is 35.3 Å². The van der Waals surface area contributed by atoms with E-state index >= 15 is 0 Å². The number of aromatic nitrogens is 2. The van der Waals surface area contributed by atoms with Crippen molar-refractivity contribution in [1.82, 2.24) is 14.7 Å². The number of hydrogen-bond acceptors (Lipinski definition) is 4. The smallest absolute Gasteiger partial charge is 0.266 e. The van der Waals surface area contributed by atoms with Crippen LogP contribution < -0.4 is 5.73 Å². The van der Waals surface area contributed by atoms with E-state index < -0.39 is 0 Å². The Bertz CT molecular complexity index is 657. The van der Waals surface area contributed by atoms with Crippen molar-refractivity contribution in [3.8, 4) is 0 Å². The molecule has 1 aliphatic rings. The van der Waals surface area contributed by atoms with Crippen LogP contribution in [0.3, 0.4) is 0 Å². The Morgan fingerprint density at radius 2 is 2.26 bits per heavy atom. The topological polar surface area (TPSA) is 64.2 Å². The van der Waals surface area contributed by atoms with E-state index in [-0.39, 0.29) is 5.91 Å². The summed E-state index contributed by atoms with van der Waals surface area (Å²) in [5.41, 5.74) is 7.66. The largest absolute Gasteiger partial charge is 0.397 e. The van der Waals surface area contributed by atoms with Crippen molar-refractivity contribution in [2.45, 2.75) is 32.7 Å². The molecule has 1 unspecified atom stereocenters. The Morgan fingerprint density at radius 1 is 1.53 bits per heavy atom. The van der Waals surface area contributed by atoms with Crippen molar-refractivity contribution in [1.29, 1.82) is 0 Å². The van der Waals surface area contributed by atoms with Gasteiger partial charge in [-0.15, -0.1) is 11.3 Å². The molecule has 0 spiro atoms. The maximum Gasteiger partial charge on any atom is 0.266 e. The Morgan fingerprint density at radius 3 is 2.84 bits per heavy atom. The molecule has 1 saturated heterocycles. The fourth-order valence-corrected chi connectivity index (χ4v) is 4.00.